The first-order valence-corrected chi connectivity index (χ1v) is 17.8. The van der Waals surface area contributed by atoms with Crippen molar-refractivity contribution in [3.8, 4) is 11.1 Å². The molecule has 2 fully saturated rings. The van der Waals surface area contributed by atoms with Crippen LogP contribution in [-0.4, -0.2) is 88.3 Å². The van der Waals surface area contributed by atoms with Gasteiger partial charge in [-0.15, -0.1) is 6.58 Å². The van der Waals surface area contributed by atoms with Crippen molar-refractivity contribution in [1.82, 2.24) is 24.2 Å². The lowest BCUT2D eigenvalue weighted by molar-refractivity contribution is -0.120. The minimum atomic E-state index is -3.91. The van der Waals surface area contributed by atoms with Gasteiger partial charge in [0.1, 0.15) is 0 Å². The SMILES string of the molecule is C=CCC1(S(=O)(=O)n2cc(Cl)c3c(C(=O)NCC4C(=O)N=C(C)C=C4Cl)cc(-c4cnc(N5CCN(C(C)C)CC5)nc4)cc32)CC1. The van der Waals surface area contributed by atoms with E-state index in [1.807, 2.05) is 0 Å². The number of aromatic nitrogens is 3. The number of hydrogen-bond acceptors (Lipinski definition) is 8. The van der Waals surface area contributed by atoms with Crippen LogP contribution in [0.3, 0.4) is 0 Å². The Kier molecular flexibility index (Phi) is 9.07. The fraction of sp³-hybridized carbons (Fsp3) is 0.424. The number of carbonyl (C=O) groups is 2. The predicted molar refractivity (Wildman–Crippen MR) is 186 cm³/mol. The molecule has 1 saturated carbocycles. The molecule has 1 saturated heterocycles. The molecule has 2 aromatic heterocycles. The summed E-state index contributed by atoms with van der Waals surface area (Å²) in [5.41, 5.74) is 2.01. The number of nitrogens with one attached hydrogen (secondary N) is 1. The summed E-state index contributed by atoms with van der Waals surface area (Å²) in [5.74, 6) is -1.24. The summed E-state index contributed by atoms with van der Waals surface area (Å²) in [4.78, 5) is 44.1. The number of piperazine rings is 1. The first-order chi connectivity index (χ1) is 22.3. The number of allylic oxidation sites excluding steroid dienone is 2. The highest BCUT2D eigenvalue weighted by molar-refractivity contribution is 7.91. The quantitative estimate of drug-likeness (QED) is 0.292. The number of benzene rings is 1. The van der Waals surface area contributed by atoms with Crippen LogP contribution < -0.4 is 10.2 Å². The average molecular weight is 699 g/mol. The fourth-order valence-electron chi connectivity index (χ4n) is 6.26. The van der Waals surface area contributed by atoms with Crippen molar-refractivity contribution in [2.45, 2.75) is 50.8 Å². The van der Waals surface area contributed by atoms with Crippen molar-refractivity contribution >= 4 is 67.6 Å². The van der Waals surface area contributed by atoms with Gasteiger partial charge >= 0.3 is 0 Å². The van der Waals surface area contributed by atoms with Crippen molar-refractivity contribution in [3.05, 3.63) is 65.1 Å². The molecular weight excluding hydrogens is 661 g/mol. The number of anilines is 1. The van der Waals surface area contributed by atoms with Gasteiger partial charge in [0.25, 0.3) is 11.8 Å². The van der Waals surface area contributed by atoms with E-state index in [9.17, 15) is 18.0 Å². The minimum absolute atomic E-state index is 0.101. The molecular formula is C33H37Cl2N7O4S. The first-order valence-electron chi connectivity index (χ1n) is 15.6. The number of amides is 2. The predicted octanol–water partition coefficient (Wildman–Crippen LogP) is 5.04. The van der Waals surface area contributed by atoms with Gasteiger partial charge < -0.3 is 10.2 Å². The maximum atomic E-state index is 14.0. The maximum absolute atomic E-state index is 14.0. The molecule has 0 spiro atoms. The third kappa shape index (κ3) is 6.24. The van der Waals surface area contributed by atoms with Crippen LogP contribution in [0.2, 0.25) is 5.02 Å². The molecule has 14 heteroatoms. The summed E-state index contributed by atoms with van der Waals surface area (Å²) in [6, 6.07) is 3.80. The van der Waals surface area contributed by atoms with E-state index in [1.54, 1.807) is 43.6 Å². The number of nitrogens with zero attached hydrogens (tertiary/aromatic N) is 6. The average Bonchev–Trinajstić information content (AvgIpc) is 3.76. The minimum Gasteiger partial charge on any atom is -0.351 e. The normalized spacial score (nSPS) is 19.9. The molecule has 11 nitrogen and oxygen atoms in total. The summed E-state index contributed by atoms with van der Waals surface area (Å²) in [5, 5.41) is 3.45. The van der Waals surface area contributed by atoms with Crippen LogP contribution in [0.5, 0.6) is 0 Å². The van der Waals surface area contributed by atoms with Gasteiger partial charge in [-0.05, 0) is 63.8 Å². The van der Waals surface area contributed by atoms with E-state index in [4.69, 9.17) is 23.2 Å². The van der Waals surface area contributed by atoms with Crippen molar-refractivity contribution in [1.29, 1.82) is 0 Å². The zero-order chi connectivity index (χ0) is 33.7. The molecule has 1 aliphatic carbocycles. The largest absolute Gasteiger partial charge is 0.351 e. The van der Waals surface area contributed by atoms with Crippen molar-refractivity contribution in [2.75, 3.05) is 37.6 Å². The number of rotatable bonds is 10. The van der Waals surface area contributed by atoms with Gasteiger partial charge in [0.05, 0.1) is 26.8 Å². The zero-order valence-corrected chi connectivity index (χ0v) is 28.9. The molecule has 2 amide bonds. The lowest BCUT2D eigenvalue weighted by Gasteiger charge is -2.36. The van der Waals surface area contributed by atoms with Gasteiger partial charge in [0.2, 0.25) is 16.0 Å². The Balaban J connectivity index is 1.38. The molecule has 1 atom stereocenters. The van der Waals surface area contributed by atoms with Gasteiger partial charge in [-0.25, -0.2) is 27.4 Å². The molecule has 0 radical (unpaired) electrons. The topological polar surface area (TPSA) is 130 Å². The molecule has 2 aliphatic heterocycles. The van der Waals surface area contributed by atoms with Crippen molar-refractivity contribution in [2.24, 2.45) is 10.9 Å². The lowest BCUT2D eigenvalue weighted by atomic mass is 10.0. The highest BCUT2D eigenvalue weighted by Gasteiger charge is 2.54. The molecule has 1 N–H and O–H groups in total. The summed E-state index contributed by atoms with van der Waals surface area (Å²) >= 11 is 13.0. The molecule has 1 aromatic carbocycles. The van der Waals surface area contributed by atoms with Crippen LogP contribution in [0.15, 0.2) is 59.5 Å². The standard InChI is InChI=1S/C33H37Cl2N7O4S/c1-5-6-33(7-8-33)47(45,46)42-19-27(35)29-24(30(43)36-18-25-26(34)13-21(4)39-31(25)44)14-22(15-28(29)42)23-16-37-32(38-17-23)41-11-9-40(10-12-41)20(2)3/h5,13-17,19-20,25H,1,6-12,18H2,2-4H3,(H,36,43). The van der Waals surface area contributed by atoms with E-state index in [0.717, 1.165) is 26.2 Å². The van der Waals surface area contributed by atoms with Crippen LogP contribution in [0.4, 0.5) is 5.95 Å². The number of aliphatic imine (C=N–C) groups is 1. The van der Waals surface area contributed by atoms with Gasteiger partial charge in [-0.2, -0.15) is 0 Å². The Morgan fingerprint density at radius 2 is 1.81 bits per heavy atom. The van der Waals surface area contributed by atoms with Crippen molar-refractivity contribution < 1.29 is 18.0 Å². The monoisotopic (exact) mass is 697 g/mol. The summed E-state index contributed by atoms with van der Waals surface area (Å²) in [6.07, 6.45) is 9.20. The third-order valence-electron chi connectivity index (χ3n) is 9.23. The number of fused-ring (bicyclic) bond motifs is 1. The van der Waals surface area contributed by atoms with Crippen LogP contribution in [0, 0.1) is 5.92 Å². The Morgan fingerprint density at radius 1 is 1.13 bits per heavy atom. The fourth-order valence-corrected chi connectivity index (χ4v) is 8.95. The third-order valence-corrected chi connectivity index (χ3v) is 12.4. The summed E-state index contributed by atoms with van der Waals surface area (Å²) < 4.78 is 28.3. The number of dihydropyridines is 1. The van der Waals surface area contributed by atoms with Gasteiger partial charge in [0.15, 0.2) is 0 Å². The van der Waals surface area contributed by atoms with Gasteiger partial charge in [-0.1, -0.05) is 29.3 Å². The van der Waals surface area contributed by atoms with E-state index in [-0.39, 0.29) is 33.1 Å². The molecule has 6 rings (SSSR count). The smallest absolute Gasteiger partial charge is 0.256 e. The van der Waals surface area contributed by atoms with Crippen molar-refractivity contribution in [3.63, 3.8) is 0 Å². The molecule has 0 bridgehead atoms. The number of halogens is 2. The summed E-state index contributed by atoms with van der Waals surface area (Å²) in [6.45, 7) is 13.1. The highest BCUT2D eigenvalue weighted by atomic mass is 35.5. The lowest BCUT2D eigenvalue weighted by Crippen LogP contribution is -2.49. The second-order valence-electron chi connectivity index (χ2n) is 12.6. The van der Waals surface area contributed by atoms with Crippen LogP contribution in [0.1, 0.15) is 50.4 Å². The van der Waals surface area contributed by atoms with E-state index >= 15 is 0 Å². The van der Waals surface area contributed by atoms with E-state index in [1.165, 1.54) is 10.2 Å². The molecule has 248 valence electrons. The maximum Gasteiger partial charge on any atom is 0.256 e. The molecule has 3 aliphatic rings. The van der Waals surface area contributed by atoms with Crippen LogP contribution >= 0.6 is 23.2 Å². The molecule has 47 heavy (non-hydrogen) atoms. The first kappa shape index (κ1) is 33.3. The molecule has 3 aromatic rings. The second kappa shape index (κ2) is 12.8. The van der Waals surface area contributed by atoms with Gasteiger partial charge in [0, 0.05) is 79.0 Å². The Labute approximate surface area is 284 Å². The van der Waals surface area contributed by atoms with Crippen LogP contribution in [-0.2, 0) is 14.8 Å². The van der Waals surface area contributed by atoms with Crippen LogP contribution in [0.25, 0.3) is 22.0 Å². The molecule has 1 unspecified atom stereocenters. The van der Waals surface area contributed by atoms with Gasteiger partial charge in [-0.3, -0.25) is 14.5 Å². The Bertz CT molecular complexity index is 1920. The van der Waals surface area contributed by atoms with E-state index in [2.05, 4.69) is 50.5 Å². The van der Waals surface area contributed by atoms with E-state index < -0.39 is 32.5 Å². The highest BCUT2D eigenvalue weighted by Crippen LogP contribution is 2.49. The molecule has 4 heterocycles. The Morgan fingerprint density at radius 3 is 2.40 bits per heavy atom. The zero-order valence-electron chi connectivity index (χ0n) is 26.5. The number of carbonyl (C=O) groups excluding carboxylic acids is 2. The summed E-state index contributed by atoms with van der Waals surface area (Å²) in [7, 11) is -3.91. The number of hydrogen-bond donors (Lipinski definition) is 1. The van der Waals surface area contributed by atoms with E-state index in [0.29, 0.717) is 48.1 Å². The Hall–Kier alpha value is -3.58. The second-order valence-corrected chi connectivity index (χ2v) is 15.7.